The van der Waals surface area contributed by atoms with Crippen LogP contribution in [-0.2, 0) is 37.1 Å². The van der Waals surface area contributed by atoms with Crippen LogP contribution in [0.1, 0.15) is 59.8 Å². The number of ether oxygens (including phenoxy) is 6. The van der Waals surface area contributed by atoms with Crippen molar-refractivity contribution in [2.45, 2.75) is 82.9 Å². The first-order valence-electron chi connectivity index (χ1n) is 24.6. The molecule has 3 aromatic heterocycles. The molecule has 3 fully saturated rings. The number of aliphatic carboxylic acids is 1. The number of carboxylic acids is 1. The molecule has 4 aliphatic heterocycles. The third kappa shape index (κ3) is 11.8. The Kier molecular flexibility index (Phi) is 16.2. The molecule has 7 heterocycles. The van der Waals surface area contributed by atoms with Crippen molar-refractivity contribution in [2.75, 3.05) is 72.8 Å². The Balaban J connectivity index is 0.968. The molecule has 3 aromatic carbocycles. The van der Waals surface area contributed by atoms with Crippen LogP contribution >= 0.6 is 34.5 Å². The van der Waals surface area contributed by atoms with Crippen molar-refractivity contribution in [1.29, 1.82) is 0 Å². The van der Waals surface area contributed by atoms with Crippen molar-refractivity contribution in [3.05, 3.63) is 105 Å². The molecule has 20 heteroatoms. The van der Waals surface area contributed by atoms with E-state index in [4.69, 9.17) is 66.4 Å². The van der Waals surface area contributed by atoms with E-state index in [1.54, 1.807) is 36.5 Å². The van der Waals surface area contributed by atoms with E-state index >= 15 is 0 Å². The number of fused-ring (bicyclic) bond motifs is 7. The number of thiophene rings is 1. The molecule has 1 aliphatic carbocycles. The number of piperazine rings is 1. The van der Waals surface area contributed by atoms with Crippen LogP contribution in [0.25, 0.3) is 31.8 Å². The number of hydrogen-bond donors (Lipinski definition) is 1. The van der Waals surface area contributed by atoms with E-state index in [-0.39, 0.29) is 43.6 Å². The first-order chi connectivity index (χ1) is 35.4. The number of aromatic nitrogens is 4. The summed E-state index contributed by atoms with van der Waals surface area (Å²) in [5, 5.41) is 12.0. The van der Waals surface area contributed by atoms with Gasteiger partial charge >= 0.3 is 5.97 Å². The zero-order valence-corrected chi connectivity index (χ0v) is 43.1. The number of benzene rings is 3. The highest BCUT2D eigenvalue weighted by molar-refractivity contribution is 7.22. The third-order valence-corrected chi connectivity index (χ3v) is 15.9. The zero-order valence-electron chi connectivity index (χ0n) is 40.8. The lowest BCUT2D eigenvalue weighted by molar-refractivity contribution is -0.342. The standard InChI is InChI=1S/C53H57Cl2FN6O10S/c1-30-43-31(2)47(55)48(46(30)54)70-39(24-62-18-16-61(3)17-19-62)27-67-38-12-13-41(68-25-36-14-15-57-50(60-36)33-6-10-37(11-7-33)72-69-28-40-26-65-20-21-66-40)34(22-38)23-42(53(63)64)71-51-45-44(43)49(73-52(45)59-29-58-51)32-4-8-35(56)9-5-32/h4-5,8-9,12-15,22,29,33,37,39-40,42H,6-7,10-11,16-21,23-28H2,1-3H3,(H,63,64)/t33-,37-,39-,40+,42-/m1/s1. The number of hydrogen-bond acceptors (Lipinski definition) is 16. The lowest BCUT2D eigenvalue weighted by Crippen LogP contribution is -2.49. The number of nitrogens with zero attached hydrogens (tertiary/aromatic N) is 6. The molecule has 16 nitrogen and oxygen atoms in total. The molecule has 0 unspecified atom stereocenters. The fourth-order valence-corrected chi connectivity index (χ4v) is 11.5. The van der Waals surface area contributed by atoms with Gasteiger partial charge in [-0.25, -0.2) is 38.9 Å². The predicted molar refractivity (Wildman–Crippen MR) is 273 cm³/mol. The Morgan fingerprint density at radius 1 is 0.904 bits per heavy atom. The van der Waals surface area contributed by atoms with Crippen molar-refractivity contribution in [3.63, 3.8) is 0 Å². The third-order valence-electron chi connectivity index (χ3n) is 13.9. The van der Waals surface area contributed by atoms with Crippen molar-refractivity contribution >= 4 is 50.7 Å². The Hall–Kier alpha value is -5.28. The van der Waals surface area contributed by atoms with E-state index in [2.05, 4.69) is 31.8 Å². The summed E-state index contributed by atoms with van der Waals surface area (Å²) in [5.41, 5.74) is 4.44. The van der Waals surface area contributed by atoms with Gasteiger partial charge in [-0.05, 0) is 105 Å². The van der Waals surface area contributed by atoms with Crippen LogP contribution in [0.2, 0.25) is 10.0 Å². The number of likely N-dealkylation sites (N-methyl/N-ethyl adjacent to an activating group) is 1. The number of carbonyl (C=O) groups is 1. The molecule has 3 atom stereocenters. The summed E-state index contributed by atoms with van der Waals surface area (Å²) in [4.78, 5) is 49.3. The van der Waals surface area contributed by atoms with Crippen LogP contribution in [-0.4, -0.2) is 138 Å². The van der Waals surface area contributed by atoms with Crippen LogP contribution in [0.5, 0.6) is 23.1 Å². The maximum atomic E-state index is 14.4. The largest absolute Gasteiger partial charge is 0.490 e. The molecule has 5 aliphatic rings. The molecule has 0 radical (unpaired) electrons. The normalized spacial score (nSPS) is 22.0. The van der Waals surface area contributed by atoms with E-state index in [0.29, 0.717) is 114 Å². The summed E-state index contributed by atoms with van der Waals surface area (Å²) in [7, 11) is 2.10. The van der Waals surface area contributed by atoms with Gasteiger partial charge in [0, 0.05) is 67.3 Å². The van der Waals surface area contributed by atoms with E-state index in [0.717, 1.165) is 57.7 Å². The number of rotatable bonds is 12. The van der Waals surface area contributed by atoms with Gasteiger partial charge in [-0.2, -0.15) is 0 Å². The van der Waals surface area contributed by atoms with Gasteiger partial charge in [-0.15, -0.1) is 11.3 Å². The van der Waals surface area contributed by atoms with Crippen LogP contribution in [0, 0.1) is 19.7 Å². The van der Waals surface area contributed by atoms with Gasteiger partial charge in [-0.1, -0.05) is 35.3 Å². The summed E-state index contributed by atoms with van der Waals surface area (Å²) in [6.45, 7) is 9.88. The Bertz CT molecular complexity index is 2880. The monoisotopic (exact) mass is 1060 g/mol. The molecule has 2 saturated heterocycles. The summed E-state index contributed by atoms with van der Waals surface area (Å²) in [6, 6.07) is 13.3. The minimum absolute atomic E-state index is 0.0283. The number of halogens is 3. The summed E-state index contributed by atoms with van der Waals surface area (Å²) in [5.74, 6) is 0.443. The van der Waals surface area contributed by atoms with Crippen LogP contribution in [0.15, 0.2) is 61.1 Å². The Morgan fingerprint density at radius 2 is 1.68 bits per heavy atom. The van der Waals surface area contributed by atoms with Crippen LogP contribution < -0.4 is 18.9 Å². The highest BCUT2D eigenvalue weighted by atomic mass is 35.5. The van der Waals surface area contributed by atoms with E-state index < -0.39 is 24.0 Å². The van der Waals surface area contributed by atoms with E-state index in [1.165, 1.54) is 29.8 Å². The molecule has 1 saturated carbocycles. The summed E-state index contributed by atoms with van der Waals surface area (Å²) in [6.07, 6.45) is 4.00. The Labute approximate surface area is 436 Å². The van der Waals surface area contributed by atoms with Crippen molar-refractivity contribution in [3.8, 4) is 44.7 Å². The molecular formula is C53H57Cl2FN6O10S. The van der Waals surface area contributed by atoms with Crippen LogP contribution in [0.3, 0.4) is 0 Å². The molecule has 1 N–H and O–H groups in total. The molecule has 4 bridgehead atoms. The molecule has 6 aromatic rings. The van der Waals surface area contributed by atoms with Gasteiger partial charge in [-0.3, -0.25) is 4.90 Å². The topological polar surface area (TPSA) is 169 Å². The summed E-state index contributed by atoms with van der Waals surface area (Å²) >= 11 is 16.0. The highest BCUT2D eigenvalue weighted by Gasteiger charge is 2.33. The minimum Gasteiger partial charge on any atom is -0.490 e. The predicted octanol–water partition coefficient (Wildman–Crippen LogP) is 9.31. The highest BCUT2D eigenvalue weighted by Crippen LogP contribution is 2.53. The second kappa shape index (κ2) is 23.1. The molecular weight excluding hydrogens is 1000 g/mol. The van der Waals surface area contributed by atoms with Crippen molar-refractivity contribution < 1.29 is 52.5 Å². The average Bonchev–Trinajstić information content (AvgIpc) is 3.79. The maximum absolute atomic E-state index is 14.4. The lowest BCUT2D eigenvalue weighted by atomic mass is 9.87. The second-order valence-electron chi connectivity index (χ2n) is 18.9. The Morgan fingerprint density at radius 3 is 2.42 bits per heavy atom. The average molecular weight is 1060 g/mol. The molecule has 11 rings (SSSR count). The SMILES string of the molecule is Cc1c(Cl)c2c(Cl)c(C)c1-c1c(-c3ccc(F)cc3)sc3ncnc(c13)O[C@@H](C(=O)O)Cc1cc(ccc1OCc1ccnc([C@H]3CC[C@H](OOC[C@@H]4COCCO4)CC3)n1)OC[C@@H](CN1CCN(C)CC1)O2. The second-order valence-corrected chi connectivity index (χ2v) is 20.7. The summed E-state index contributed by atoms with van der Waals surface area (Å²) < 4.78 is 52.0. The minimum atomic E-state index is -1.47. The number of carboxylic acid groups (broad SMARTS) is 1. The first-order valence-corrected chi connectivity index (χ1v) is 26.2. The maximum Gasteiger partial charge on any atom is 0.345 e. The molecule has 0 spiro atoms. The van der Waals surface area contributed by atoms with E-state index in [1.807, 2.05) is 19.9 Å². The van der Waals surface area contributed by atoms with Gasteiger partial charge in [0.2, 0.25) is 12.0 Å². The van der Waals surface area contributed by atoms with Gasteiger partial charge in [0.15, 0.2) is 5.75 Å². The first kappa shape index (κ1) is 51.2. The zero-order chi connectivity index (χ0) is 50.6. The van der Waals surface area contributed by atoms with Gasteiger partial charge in [0.25, 0.3) is 0 Å². The van der Waals surface area contributed by atoms with Crippen LogP contribution in [0.4, 0.5) is 4.39 Å². The van der Waals surface area contributed by atoms with Gasteiger partial charge < -0.3 is 38.4 Å². The van der Waals surface area contributed by atoms with Crippen molar-refractivity contribution in [1.82, 2.24) is 29.7 Å². The molecule has 386 valence electrons. The lowest BCUT2D eigenvalue weighted by Gasteiger charge is -2.35. The van der Waals surface area contributed by atoms with E-state index in [9.17, 15) is 14.3 Å². The fourth-order valence-electron chi connectivity index (χ4n) is 9.82. The van der Waals surface area contributed by atoms with Crippen molar-refractivity contribution in [2.24, 2.45) is 0 Å². The molecule has 0 amide bonds. The quantitative estimate of drug-likeness (QED) is 0.0908. The van der Waals surface area contributed by atoms with Gasteiger partial charge in [0.05, 0.1) is 47.1 Å². The fraction of sp³-hybridized carbons (Fsp3) is 0.453. The smallest absolute Gasteiger partial charge is 0.345 e. The molecule has 73 heavy (non-hydrogen) atoms. The van der Waals surface area contributed by atoms with Gasteiger partial charge in [0.1, 0.15) is 66.3 Å².